The number of nitrogens with zero attached hydrogens (tertiary/aromatic N) is 4. The monoisotopic (exact) mass is 318 g/mol. The molecular weight excluding hydrogens is 299 g/mol. The fraction of sp³-hybridized carbons (Fsp3) is 0.438. The van der Waals surface area contributed by atoms with E-state index in [9.17, 15) is 9.18 Å². The summed E-state index contributed by atoms with van der Waals surface area (Å²) in [6.07, 6.45) is 1.55. The van der Waals surface area contributed by atoms with Crippen molar-refractivity contribution in [3.05, 3.63) is 41.0 Å². The number of carbonyl (C=O) groups is 1. The van der Waals surface area contributed by atoms with E-state index in [4.69, 9.17) is 4.52 Å². The third kappa shape index (κ3) is 2.91. The van der Waals surface area contributed by atoms with Crippen LogP contribution in [0.1, 0.15) is 40.7 Å². The highest BCUT2D eigenvalue weighted by molar-refractivity contribution is 5.95. The molecule has 0 saturated carbocycles. The number of anilines is 1. The number of aromatic nitrogens is 2. The van der Waals surface area contributed by atoms with Crippen molar-refractivity contribution in [2.75, 3.05) is 25.5 Å². The maximum absolute atomic E-state index is 14.0. The molecule has 0 radical (unpaired) electrons. The Bertz CT molecular complexity index is 729. The highest BCUT2D eigenvalue weighted by Gasteiger charge is 2.35. The Morgan fingerprint density at radius 1 is 1.43 bits per heavy atom. The van der Waals surface area contributed by atoms with Crippen molar-refractivity contribution in [2.45, 2.75) is 25.8 Å². The number of benzene rings is 1. The Hall–Kier alpha value is -2.44. The van der Waals surface area contributed by atoms with Crippen LogP contribution in [0.15, 0.2) is 22.7 Å². The van der Waals surface area contributed by atoms with Crippen molar-refractivity contribution in [3.63, 3.8) is 0 Å². The van der Waals surface area contributed by atoms with Crippen LogP contribution in [-0.2, 0) is 0 Å². The highest BCUT2D eigenvalue weighted by atomic mass is 19.1. The standard InChI is InChI=1S/C16H19FN4O2/c1-10-6-7-12(17)11(9-10)15(22)21-8-4-5-13(21)14-18-16(19-23-14)20(2)3/h6-7,9,13H,4-5,8H2,1-3H3. The number of aryl methyl sites for hydroxylation is 1. The molecule has 0 aliphatic carbocycles. The van der Waals surface area contributed by atoms with E-state index in [1.54, 1.807) is 21.9 Å². The van der Waals surface area contributed by atoms with Crippen molar-refractivity contribution >= 4 is 11.9 Å². The lowest BCUT2D eigenvalue weighted by Gasteiger charge is -2.22. The molecule has 122 valence electrons. The van der Waals surface area contributed by atoms with Crippen molar-refractivity contribution in [3.8, 4) is 0 Å². The second-order valence-electron chi connectivity index (χ2n) is 5.97. The molecule has 2 heterocycles. The molecule has 1 fully saturated rings. The first-order valence-electron chi connectivity index (χ1n) is 7.55. The first-order chi connectivity index (χ1) is 11.0. The van der Waals surface area contributed by atoms with Gasteiger partial charge in [-0.25, -0.2) is 4.39 Å². The van der Waals surface area contributed by atoms with E-state index in [1.807, 2.05) is 21.0 Å². The fourth-order valence-electron chi connectivity index (χ4n) is 2.77. The minimum atomic E-state index is -0.509. The summed E-state index contributed by atoms with van der Waals surface area (Å²) >= 11 is 0. The lowest BCUT2D eigenvalue weighted by molar-refractivity contribution is 0.0705. The summed E-state index contributed by atoms with van der Waals surface area (Å²) in [6.45, 7) is 2.38. The Labute approximate surface area is 133 Å². The van der Waals surface area contributed by atoms with E-state index in [-0.39, 0.29) is 17.5 Å². The van der Waals surface area contributed by atoms with Crippen molar-refractivity contribution in [1.82, 2.24) is 15.0 Å². The Kier molecular flexibility index (Phi) is 4.02. The van der Waals surface area contributed by atoms with Gasteiger partial charge in [0.1, 0.15) is 11.9 Å². The van der Waals surface area contributed by atoms with E-state index in [0.29, 0.717) is 18.4 Å². The van der Waals surface area contributed by atoms with Gasteiger partial charge in [-0.05, 0) is 37.1 Å². The number of hydrogen-bond donors (Lipinski definition) is 0. The minimum Gasteiger partial charge on any atom is -0.344 e. The highest BCUT2D eigenvalue weighted by Crippen LogP contribution is 2.33. The van der Waals surface area contributed by atoms with Crippen LogP contribution in [0.4, 0.5) is 10.3 Å². The third-order valence-corrected chi connectivity index (χ3v) is 3.98. The Morgan fingerprint density at radius 2 is 2.22 bits per heavy atom. The molecule has 1 unspecified atom stereocenters. The van der Waals surface area contributed by atoms with Crippen LogP contribution in [-0.4, -0.2) is 41.6 Å². The number of hydrogen-bond acceptors (Lipinski definition) is 5. The van der Waals surface area contributed by atoms with Crippen molar-refractivity contribution in [2.24, 2.45) is 0 Å². The molecule has 1 aliphatic heterocycles. The molecule has 3 rings (SSSR count). The molecule has 0 spiro atoms. The maximum Gasteiger partial charge on any atom is 0.265 e. The molecule has 1 saturated heterocycles. The van der Waals surface area contributed by atoms with Gasteiger partial charge in [0, 0.05) is 20.6 Å². The predicted molar refractivity (Wildman–Crippen MR) is 82.8 cm³/mol. The fourth-order valence-corrected chi connectivity index (χ4v) is 2.77. The zero-order valence-corrected chi connectivity index (χ0v) is 13.4. The number of likely N-dealkylation sites (tertiary alicyclic amines) is 1. The molecule has 1 amide bonds. The van der Waals surface area contributed by atoms with Gasteiger partial charge in [-0.2, -0.15) is 4.98 Å². The molecule has 1 aromatic carbocycles. The van der Waals surface area contributed by atoms with Crippen LogP contribution in [0.2, 0.25) is 0 Å². The van der Waals surface area contributed by atoms with Gasteiger partial charge in [0.25, 0.3) is 17.7 Å². The molecule has 23 heavy (non-hydrogen) atoms. The average molecular weight is 318 g/mol. The third-order valence-electron chi connectivity index (χ3n) is 3.98. The normalized spacial score (nSPS) is 17.6. The van der Waals surface area contributed by atoms with Crippen LogP contribution in [0.25, 0.3) is 0 Å². The van der Waals surface area contributed by atoms with Gasteiger partial charge in [0.2, 0.25) is 0 Å². The number of amides is 1. The van der Waals surface area contributed by atoms with Crippen LogP contribution in [0, 0.1) is 12.7 Å². The van der Waals surface area contributed by atoms with E-state index in [2.05, 4.69) is 10.1 Å². The van der Waals surface area contributed by atoms with Crippen LogP contribution in [0.3, 0.4) is 0 Å². The van der Waals surface area contributed by atoms with Gasteiger partial charge >= 0.3 is 0 Å². The second-order valence-corrected chi connectivity index (χ2v) is 5.97. The van der Waals surface area contributed by atoms with Crippen molar-refractivity contribution in [1.29, 1.82) is 0 Å². The van der Waals surface area contributed by atoms with Gasteiger partial charge in [-0.15, -0.1) is 0 Å². The molecule has 0 N–H and O–H groups in total. The SMILES string of the molecule is Cc1ccc(F)c(C(=O)N2CCCC2c2nc(N(C)C)no2)c1. The molecular formula is C16H19FN4O2. The summed E-state index contributed by atoms with van der Waals surface area (Å²) in [6, 6.07) is 4.24. The molecule has 0 bridgehead atoms. The molecule has 6 nitrogen and oxygen atoms in total. The zero-order chi connectivity index (χ0) is 16.6. The zero-order valence-electron chi connectivity index (χ0n) is 13.4. The van der Waals surface area contributed by atoms with E-state index >= 15 is 0 Å². The Balaban J connectivity index is 1.88. The summed E-state index contributed by atoms with van der Waals surface area (Å²) in [5.41, 5.74) is 0.933. The number of rotatable bonds is 3. The van der Waals surface area contributed by atoms with E-state index in [0.717, 1.165) is 18.4 Å². The summed E-state index contributed by atoms with van der Waals surface area (Å²) in [4.78, 5) is 20.4. The van der Waals surface area contributed by atoms with Gasteiger partial charge in [-0.1, -0.05) is 11.6 Å². The molecule has 7 heteroatoms. The van der Waals surface area contributed by atoms with E-state index in [1.165, 1.54) is 6.07 Å². The lowest BCUT2D eigenvalue weighted by atomic mass is 10.1. The second kappa shape index (κ2) is 5.98. The number of halogens is 1. The molecule has 2 aromatic rings. The van der Waals surface area contributed by atoms with Gasteiger partial charge < -0.3 is 14.3 Å². The molecule has 1 aliphatic rings. The van der Waals surface area contributed by atoms with Crippen molar-refractivity contribution < 1.29 is 13.7 Å². The first-order valence-corrected chi connectivity index (χ1v) is 7.55. The van der Waals surface area contributed by atoms with Gasteiger partial charge in [0.05, 0.1) is 5.56 Å². The quantitative estimate of drug-likeness (QED) is 0.870. The molecule has 1 atom stereocenters. The van der Waals surface area contributed by atoms with Gasteiger partial charge in [-0.3, -0.25) is 4.79 Å². The van der Waals surface area contributed by atoms with E-state index < -0.39 is 5.82 Å². The smallest absolute Gasteiger partial charge is 0.265 e. The number of carbonyl (C=O) groups excluding carboxylic acids is 1. The van der Waals surface area contributed by atoms with Crippen LogP contribution >= 0.6 is 0 Å². The lowest BCUT2D eigenvalue weighted by Crippen LogP contribution is -2.31. The predicted octanol–water partition coefficient (Wildman–Crippen LogP) is 2.56. The maximum atomic E-state index is 14.0. The average Bonchev–Trinajstić information content (AvgIpc) is 3.16. The first kappa shape index (κ1) is 15.5. The topological polar surface area (TPSA) is 62.5 Å². The van der Waals surface area contributed by atoms with Crippen LogP contribution < -0.4 is 4.90 Å². The summed E-state index contributed by atoms with van der Waals surface area (Å²) in [5.74, 6) is 0.0118. The summed E-state index contributed by atoms with van der Waals surface area (Å²) < 4.78 is 19.3. The van der Waals surface area contributed by atoms with Crippen LogP contribution in [0.5, 0.6) is 0 Å². The summed E-state index contributed by atoms with van der Waals surface area (Å²) in [5, 5.41) is 3.89. The summed E-state index contributed by atoms with van der Waals surface area (Å²) in [7, 11) is 3.63. The van der Waals surface area contributed by atoms with Gasteiger partial charge in [0.15, 0.2) is 0 Å². The molecule has 1 aromatic heterocycles. The largest absolute Gasteiger partial charge is 0.344 e. The minimum absolute atomic E-state index is 0.0873. The Morgan fingerprint density at radius 3 is 2.91 bits per heavy atom.